The first-order chi connectivity index (χ1) is 27.7. The molecule has 0 aliphatic carbocycles. The molecule has 0 saturated carbocycles. The predicted molar refractivity (Wildman–Crippen MR) is 243 cm³/mol. The molecule has 9 aromatic rings. The third-order valence-electron chi connectivity index (χ3n) is 9.78. The van der Waals surface area contributed by atoms with Gasteiger partial charge in [0.25, 0.3) is 0 Å². The molecule has 4 aromatic heterocycles. The number of rotatable bonds is 7. The van der Waals surface area contributed by atoms with Crippen molar-refractivity contribution in [3.63, 3.8) is 0 Å². The van der Waals surface area contributed by atoms with Crippen molar-refractivity contribution in [2.45, 2.75) is 39.9 Å². The number of benzene rings is 5. The minimum atomic E-state index is -1.22. The van der Waals surface area contributed by atoms with E-state index < -0.39 is 8.07 Å². The summed E-state index contributed by atoms with van der Waals surface area (Å²) in [5.74, 6) is 0.627. The number of aromatic nitrogens is 3. The largest absolute Gasteiger partial charge is 0.455 e. The molecule has 0 atom stereocenters. The summed E-state index contributed by atoms with van der Waals surface area (Å²) < 4.78 is 6.28. The molecular weight excluding hydrogens is 903 g/mol. The summed E-state index contributed by atoms with van der Waals surface area (Å²) in [6.07, 6.45) is 6.82. The van der Waals surface area contributed by atoms with Crippen LogP contribution in [0.25, 0.3) is 66.8 Å². The van der Waals surface area contributed by atoms with Crippen molar-refractivity contribution in [2.24, 2.45) is 5.92 Å². The summed E-state index contributed by atoms with van der Waals surface area (Å²) in [6, 6.07) is 58.2. The average molecular weight is 952 g/mol. The topological polar surface area (TPSA) is 51.8 Å². The van der Waals surface area contributed by atoms with E-state index in [1.165, 1.54) is 21.9 Å². The number of hydrogen-bond donors (Lipinski definition) is 0. The van der Waals surface area contributed by atoms with E-state index in [4.69, 9.17) is 4.42 Å². The molecule has 0 N–H and O–H groups in total. The van der Waals surface area contributed by atoms with Gasteiger partial charge < -0.3 is 4.42 Å². The Morgan fingerprint density at radius 3 is 1.71 bits per heavy atom. The summed E-state index contributed by atoms with van der Waals surface area (Å²) in [5.41, 5.74) is 12.0. The van der Waals surface area contributed by atoms with Gasteiger partial charge in [0, 0.05) is 71.7 Å². The fourth-order valence-electron chi connectivity index (χ4n) is 6.79. The molecule has 291 valence electrons. The molecule has 0 aliphatic rings. The Morgan fingerprint density at radius 1 is 0.500 bits per heavy atom. The Kier molecular flexibility index (Phi) is 14.1. The summed E-state index contributed by atoms with van der Waals surface area (Å²) >= 11 is 0. The van der Waals surface area contributed by atoms with E-state index in [0.29, 0.717) is 5.92 Å². The second kappa shape index (κ2) is 19.6. The van der Waals surface area contributed by atoms with Crippen LogP contribution in [-0.2, 0) is 26.5 Å². The Morgan fingerprint density at radius 2 is 1.12 bits per heavy atom. The third-order valence-corrected chi connectivity index (χ3v) is 11.8. The van der Waals surface area contributed by atoms with Gasteiger partial charge in [-0.05, 0) is 77.2 Å². The van der Waals surface area contributed by atoms with Gasteiger partial charge in [-0.2, -0.15) is 0 Å². The van der Waals surface area contributed by atoms with Crippen LogP contribution in [0.5, 0.6) is 0 Å². The van der Waals surface area contributed by atoms with Crippen molar-refractivity contribution in [2.75, 3.05) is 0 Å². The fourth-order valence-corrected chi connectivity index (χ4v) is 7.83. The number of fused-ring (bicyclic) bond motifs is 3. The fraction of sp³-hybridized carbons (Fsp3) is 0.135. The maximum Gasteiger partial charge on any atom is 0.143 e. The quantitative estimate of drug-likeness (QED) is 0.149. The van der Waals surface area contributed by atoms with E-state index in [9.17, 15) is 0 Å². The summed E-state index contributed by atoms with van der Waals surface area (Å²) in [5, 5.41) is 3.68. The molecule has 0 bridgehead atoms. The van der Waals surface area contributed by atoms with E-state index in [1.807, 2.05) is 79.3 Å². The minimum absolute atomic E-state index is 0. The minimum Gasteiger partial charge on any atom is -0.455 e. The van der Waals surface area contributed by atoms with E-state index in [0.717, 1.165) is 62.1 Å². The zero-order valence-corrected chi connectivity index (χ0v) is 37.2. The first-order valence-electron chi connectivity index (χ1n) is 19.7. The van der Waals surface area contributed by atoms with Gasteiger partial charge in [-0.3, -0.25) is 15.0 Å². The Bertz CT molecular complexity index is 2600. The van der Waals surface area contributed by atoms with Crippen LogP contribution in [0.3, 0.4) is 0 Å². The maximum absolute atomic E-state index is 6.28. The molecule has 0 spiro atoms. The van der Waals surface area contributed by atoms with Gasteiger partial charge in [0.15, 0.2) is 0 Å². The van der Waals surface area contributed by atoms with Gasteiger partial charge >= 0.3 is 0 Å². The van der Waals surface area contributed by atoms with Gasteiger partial charge in [-0.15, -0.1) is 0 Å². The maximum atomic E-state index is 6.28. The smallest absolute Gasteiger partial charge is 0.143 e. The third kappa shape index (κ3) is 10.6. The predicted octanol–water partition coefficient (Wildman–Crippen LogP) is 13.6. The number of hydrogen-bond acceptors (Lipinski definition) is 4. The van der Waals surface area contributed by atoms with Crippen LogP contribution in [0.15, 0.2) is 193 Å². The van der Waals surface area contributed by atoms with Gasteiger partial charge in [0.05, 0.1) is 25.2 Å². The molecule has 9 rings (SSSR count). The second-order valence-corrected chi connectivity index (χ2v) is 20.7. The van der Waals surface area contributed by atoms with E-state index in [1.54, 1.807) is 0 Å². The van der Waals surface area contributed by atoms with Crippen molar-refractivity contribution in [3.8, 4) is 44.9 Å². The van der Waals surface area contributed by atoms with E-state index in [-0.39, 0.29) is 20.1 Å². The molecular formula is C52H49IrN3OSi. The zero-order chi connectivity index (χ0) is 39.6. The Hall–Kier alpha value is -5.78. The van der Waals surface area contributed by atoms with Crippen molar-refractivity contribution >= 4 is 35.2 Å². The van der Waals surface area contributed by atoms with E-state index >= 15 is 0 Å². The first-order valence-corrected chi connectivity index (χ1v) is 23.2. The van der Waals surface area contributed by atoms with Crippen LogP contribution in [0.1, 0.15) is 19.4 Å². The molecule has 0 saturated heterocycles. The molecule has 4 heterocycles. The molecule has 58 heavy (non-hydrogen) atoms. The van der Waals surface area contributed by atoms with Gasteiger partial charge in [0.2, 0.25) is 0 Å². The molecule has 1 radical (unpaired) electrons. The monoisotopic (exact) mass is 952 g/mol. The van der Waals surface area contributed by atoms with Crippen LogP contribution >= 0.6 is 0 Å². The van der Waals surface area contributed by atoms with Crippen LogP contribution in [0.2, 0.25) is 19.6 Å². The number of pyridine rings is 3. The standard InChI is InChI=1S/C27H23NO.C14H17NSi.C11H9N.Ir/c1-18(2)15-19-13-14-28-25(16-19)21-11-12-26-24(17-21)23-10-6-9-22(27(23)29-26)20-7-4-3-5-8-20;1-16(2,3)13-9-10-14(15-11-13)12-7-5-4-6-8-12;1-2-6-10(7-3-1)11-8-4-5-9-12-11;/h3-14,16-18H,15H2,1-2H3;4-11H,1-3H3;1-9H;. The Labute approximate surface area is 357 Å². The van der Waals surface area contributed by atoms with Crippen molar-refractivity contribution in [1.29, 1.82) is 0 Å². The number of nitrogens with zero attached hydrogens (tertiary/aromatic N) is 3. The molecule has 0 aliphatic heterocycles. The van der Waals surface area contributed by atoms with Crippen LogP contribution < -0.4 is 5.19 Å². The van der Waals surface area contributed by atoms with Gasteiger partial charge in [-0.25, -0.2) is 0 Å². The van der Waals surface area contributed by atoms with Crippen LogP contribution in [0.4, 0.5) is 0 Å². The van der Waals surface area contributed by atoms with Crippen molar-refractivity contribution in [3.05, 3.63) is 194 Å². The summed E-state index contributed by atoms with van der Waals surface area (Å²) in [6.45, 7) is 11.5. The molecule has 0 fully saturated rings. The molecule has 0 unspecified atom stereocenters. The molecule has 4 nitrogen and oxygen atoms in total. The van der Waals surface area contributed by atoms with Gasteiger partial charge in [-0.1, -0.05) is 155 Å². The first kappa shape index (κ1) is 41.8. The van der Waals surface area contributed by atoms with E-state index in [2.05, 4.69) is 158 Å². The summed E-state index contributed by atoms with van der Waals surface area (Å²) in [4.78, 5) is 13.4. The molecule has 5 aromatic carbocycles. The number of furan rings is 1. The second-order valence-electron chi connectivity index (χ2n) is 15.6. The Balaban J connectivity index is 0.000000164. The molecule has 0 amide bonds. The van der Waals surface area contributed by atoms with Crippen LogP contribution in [-0.4, -0.2) is 23.0 Å². The van der Waals surface area contributed by atoms with Gasteiger partial charge in [0.1, 0.15) is 11.2 Å². The molecule has 6 heteroatoms. The van der Waals surface area contributed by atoms with Crippen molar-refractivity contribution in [1.82, 2.24) is 15.0 Å². The average Bonchev–Trinajstić information content (AvgIpc) is 3.63. The SMILES string of the molecule is CC(C)Cc1ccnc(-c2ccc3oc4c(-c5ccccc5)cccc4c3c2)c1.C[Si](C)(C)c1ccc(-c2ccccc2)nc1.[Ir].c1ccc(-c2ccccn2)cc1. The van der Waals surface area contributed by atoms with Crippen molar-refractivity contribution < 1.29 is 24.5 Å². The summed E-state index contributed by atoms with van der Waals surface area (Å²) in [7, 11) is -1.22. The zero-order valence-electron chi connectivity index (χ0n) is 33.8. The normalized spacial score (nSPS) is 10.9. The number of para-hydroxylation sites is 1. The van der Waals surface area contributed by atoms with Crippen LogP contribution in [0, 0.1) is 5.92 Å².